The van der Waals surface area contributed by atoms with Gasteiger partial charge >= 0.3 is 0 Å². The van der Waals surface area contributed by atoms with Gasteiger partial charge in [-0.25, -0.2) is 0 Å². The molecular formula is C14H21BrN2O2. The normalized spacial score (nSPS) is 12.7. The van der Waals surface area contributed by atoms with Gasteiger partial charge in [-0.15, -0.1) is 0 Å². The highest BCUT2D eigenvalue weighted by Gasteiger charge is 2.19. The quantitative estimate of drug-likeness (QED) is 0.892. The molecule has 0 aromatic heterocycles. The van der Waals surface area contributed by atoms with Crippen molar-refractivity contribution in [2.45, 2.75) is 39.3 Å². The van der Waals surface area contributed by atoms with Crippen LogP contribution in [0.15, 0.2) is 22.7 Å². The van der Waals surface area contributed by atoms with Crippen molar-refractivity contribution in [3.05, 3.63) is 22.7 Å². The van der Waals surface area contributed by atoms with Crippen LogP contribution in [-0.4, -0.2) is 24.6 Å². The van der Waals surface area contributed by atoms with Crippen molar-refractivity contribution < 1.29 is 9.53 Å². The summed E-state index contributed by atoms with van der Waals surface area (Å²) in [7, 11) is 1.62. The molecule has 1 atom stereocenters. The van der Waals surface area contributed by atoms with E-state index in [1.54, 1.807) is 7.11 Å². The second-order valence-electron chi connectivity index (χ2n) is 5.45. The number of nitrogens with one attached hydrogen (secondary N) is 2. The predicted octanol–water partition coefficient (Wildman–Crippen LogP) is 3.17. The lowest BCUT2D eigenvalue weighted by atomic mass is 10.1. The molecule has 0 aliphatic carbocycles. The smallest absolute Gasteiger partial charge is 0.242 e. The molecule has 1 unspecified atom stereocenters. The Balaban J connectivity index is 2.69. The summed E-state index contributed by atoms with van der Waals surface area (Å²) in [5.74, 6) is 0.733. The molecule has 0 bridgehead atoms. The van der Waals surface area contributed by atoms with Crippen LogP contribution in [0, 0.1) is 0 Å². The molecule has 1 aromatic carbocycles. The molecular weight excluding hydrogens is 308 g/mol. The van der Waals surface area contributed by atoms with Gasteiger partial charge in [-0.3, -0.25) is 4.79 Å². The van der Waals surface area contributed by atoms with Gasteiger partial charge in [0, 0.05) is 11.2 Å². The first kappa shape index (κ1) is 15.8. The minimum absolute atomic E-state index is 0.0283. The SMILES string of the molecule is COc1ccc(NC(C)C(=O)NC(C)(C)C)cc1Br. The van der Waals surface area contributed by atoms with E-state index in [0.29, 0.717) is 0 Å². The summed E-state index contributed by atoms with van der Waals surface area (Å²) in [6.45, 7) is 7.71. The first-order valence-electron chi connectivity index (χ1n) is 6.15. The van der Waals surface area contributed by atoms with Crippen molar-refractivity contribution in [3.63, 3.8) is 0 Å². The summed E-state index contributed by atoms with van der Waals surface area (Å²) in [4.78, 5) is 12.0. The molecule has 0 spiro atoms. The summed E-state index contributed by atoms with van der Waals surface area (Å²) in [5, 5.41) is 6.10. The number of methoxy groups -OCH3 is 1. The van der Waals surface area contributed by atoms with Gasteiger partial charge in [0.25, 0.3) is 0 Å². The molecule has 0 aliphatic rings. The zero-order valence-electron chi connectivity index (χ0n) is 12.0. The van der Waals surface area contributed by atoms with Crippen LogP contribution < -0.4 is 15.4 Å². The number of anilines is 1. The van der Waals surface area contributed by atoms with Crippen LogP contribution in [0.25, 0.3) is 0 Å². The minimum atomic E-state index is -0.306. The van der Waals surface area contributed by atoms with E-state index < -0.39 is 0 Å². The van der Waals surface area contributed by atoms with E-state index in [-0.39, 0.29) is 17.5 Å². The third kappa shape index (κ3) is 5.11. The van der Waals surface area contributed by atoms with E-state index in [0.717, 1.165) is 15.9 Å². The molecule has 5 heteroatoms. The Hall–Kier alpha value is -1.23. The Morgan fingerprint density at radius 1 is 1.37 bits per heavy atom. The van der Waals surface area contributed by atoms with Gasteiger partial charge < -0.3 is 15.4 Å². The summed E-state index contributed by atoms with van der Waals surface area (Å²) in [5.41, 5.74) is 0.636. The third-order valence-corrected chi connectivity index (χ3v) is 3.05. The second kappa shape index (κ2) is 6.28. The minimum Gasteiger partial charge on any atom is -0.496 e. The monoisotopic (exact) mass is 328 g/mol. The average molecular weight is 329 g/mol. The Bertz CT molecular complexity index is 455. The summed E-state index contributed by atoms with van der Waals surface area (Å²) in [6, 6.07) is 5.31. The van der Waals surface area contributed by atoms with Gasteiger partial charge in [0.05, 0.1) is 11.6 Å². The van der Waals surface area contributed by atoms with E-state index in [1.165, 1.54) is 0 Å². The van der Waals surface area contributed by atoms with E-state index in [9.17, 15) is 4.79 Å². The van der Waals surface area contributed by atoms with Crippen LogP contribution in [0.4, 0.5) is 5.69 Å². The van der Waals surface area contributed by atoms with Crippen molar-refractivity contribution in [1.29, 1.82) is 0 Å². The molecule has 2 N–H and O–H groups in total. The number of ether oxygens (including phenoxy) is 1. The van der Waals surface area contributed by atoms with E-state index in [4.69, 9.17) is 4.74 Å². The Morgan fingerprint density at radius 3 is 2.47 bits per heavy atom. The fraction of sp³-hybridized carbons (Fsp3) is 0.500. The van der Waals surface area contributed by atoms with Crippen molar-refractivity contribution in [1.82, 2.24) is 5.32 Å². The van der Waals surface area contributed by atoms with Crippen molar-refractivity contribution >= 4 is 27.5 Å². The van der Waals surface area contributed by atoms with Crippen LogP contribution in [-0.2, 0) is 4.79 Å². The summed E-state index contributed by atoms with van der Waals surface area (Å²) >= 11 is 3.42. The van der Waals surface area contributed by atoms with E-state index in [1.807, 2.05) is 45.9 Å². The molecule has 0 saturated heterocycles. The fourth-order valence-corrected chi connectivity index (χ4v) is 2.09. The van der Waals surface area contributed by atoms with Crippen molar-refractivity contribution in [3.8, 4) is 5.75 Å². The molecule has 1 aromatic rings. The number of hydrogen-bond donors (Lipinski definition) is 2. The van der Waals surface area contributed by atoms with Gasteiger partial charge in [0.1, 0.15) is 11.8 Å². The molecule has 106 valence electrons. The first-order chi connectivity index (χ1) is 8.73. The van der Waals surface area contributed by atoms with Crippen LogP contribution >= 0.6 is 15.9 Å². The molecule has 0 aliphatic heterocycles. The maximum atomic E-state index is 12.0. The summed E-state index contributed by atoms with van der Waals surface area (Å²) < 4.78 is 6.01. The molecule has 0 saturated carbocycles. The van der Waals surface area contributed by atoms with Gasteiger partial charge in [-0.2, -0.15) is 0 Å². The lowest BCUT2D eigenvalue weighted by Gasteiger charge is -2.24. The largest absolute Gasteiger partial charge is 0.496 e. The Morgan fingerprint density at radius 2 is 2.00 bits per heavy atom. The number of benzene rings is 1. The molecule has 4 nitrogen and oxygen atoms in total. The van der Waals surface area contributed by atoms with Gasteiger partial charge in [0.2, 0.25) is 5.91 Å². The fourth-order valence-electron chi connectivity index (χ4n) is 1.55. The topological polar surface area (TPSA) is 50.4 Å². The molecule has 1 rings (SSSR count). The molecule has 19 heavy (non-hydrogen) atoms. The Kier molecular flexibility index (Phi) is 5.23. The maximum Gasteiger partial charge on any atom is 0.242 e. The van der Waals surface area contributed by atoms with E-state index >= 15 is 0 Å². The van der Waals surface area contributed by atoms with Gasteiger partial charge in [0.15, 0.2) is 0 Å². The summed E-state index contributed by atoms with van der Waals surface area (Å²) in [6.07, 6.45) is 0. The van der Waals surface area contributed by atoms with Crippen molar-refractivity contribution in [2.24, 2.45) is 0 Å². The maximum absolute atomic E-state index is 12.0. The number of halogens is 1. The van der Waals surface area contributed by atoms with Crippen LogP contribution in [0.2, 0.25) is 0 Å². The average Bonchev–Trinajstić information content (AvgIpc) is 2.27. The van der Waals surface area contributed by atoms with Gasteiger partial charge in [-0.1, -0.05) is 0 Å². The zero-order valence-corrected chi connectivity index (χ0v) is 13.6. The number of rotatable bonds is 4. The number of amides is 1. The lowest BCUT2D eigenvalue weighted by Crippen LogP contribution is -2.47. The molecule has 1 amide bonds. The Labute approximate surface area is 123 Å². The predicted molar refractivity (Wildman–Crippen MR) is 81.7 cm³/mol. The zero-order chi connectivity index (χ0) is 14.6. The molecule has 0 fully saturated rings. The highest BCUT2D eigenvalue weighted by molar-refractivity contribution is 9.10. The van der Waals surface area contributed by atoms with Crippen LogP contribution in [0.3, 0.4) is 0 Å². The van der Waals surface area contributed by atoms with E-state index in [2.05, 4.69) is 26.6 Å². The second-order valence-corrected chi connectivity index (χ2v) is 6.31. The number of carbonyl (C=O) groups is 1. The highest BCUT2D eigenvalue weighted by atomic mass is 79.9. The van der Waals surface area contributed by atoms with Crippen molar-refractivity contribution in [2.75, 3.05) is 12.4 Å². The van der Waals surface area contributed by atoms with Crippen LogP contribution in [0.5, 0.6) is 5.75 Å². The third-order valence-electron chi connectivity index (χ3n) is 2.43. The molecule has 0 radical (unpaired) electrons. The first-order valence-corrected chi connectivity index (χ1v) is 6.94. The number of hydrogen-bond acceptors (Lipinski definition) is 3. The number of carbonyl (C=O) groups excluding carboxylic acids is 1. The molecule has 0 heterocycles. The lowest BCUT2D eigenvalue weighted by molar-refractivity contribution is -0.122. The standard InChI is InChI=1S/C14H21BrN2O2/c1-9(13(18)17-14(2,3)4)16-10-6-7-12(19-5)11(15)8-10/h6-9,16H,1-5H3,(H,17,18). The highest BCUT2D eigenvalue weighted by Crippen LogP contribution is 2.27. The van der Waals surface area contributed by atoms with Crippen LogP contribution in [0.1, 0.15) is 27.7 Å². The van der Waals surface area contributed by atoms with Gasteiger partial charge in [-0.05, 0) is 61.8 Å².